The van der Waals surface area contributed by atoms with Crippen LogP contribution in [0.25, 0.3) is 10.8 Å². The van der Waals surface area contributed by atoms with Gasteiger partial charge in [0.25, 0.3) is 0 Å². The number of hydrogen-bond donors (Lipinski definition) is 1. The molecule has 1 aromatic heterocycles. The Kier molecular flexibility index (Phi) is 3.97. The molecule has 7 nitrogen and oxygen atoms in total. The molecule has 2 rings (SSSR count). The summed E-state index contributed by atoms with van der Waals surface area (Å²) in [7, 11) is -2.10. The van der Waals surface area contributed by atoms with Gasteiger partial charge in [-0.05, 0) is 12.1 Å². The molecule has 0 amide bonds. The van der Waals surface area contributed by atoms with E-state index in [0.717, 1.165) is 4.57 Å². The Hall–Kier alpha value is -2.37. The average Bonchev–Trinajstić information content (AvgIpc) is 2.83. The lowest BCUT2D eigenvalue weighted by atomic mass is 10.2. The first-order valence-corrected chi connectivity index (χ1v) is 7.56. The smallest absolute Gasteiger partial charge is 0.416 e. The molecule has 0 unspecified atom stereocenters. The highest BCUT2D eigenvalue weighted by Gasteiger charge is 2.18. The molecule has 0 aliphatic heterocycles. The van der Waals surface area contributed by atoms with Crippen LogP contribution in [0, 0.1) is 11.3 Å². The Morgan fingerprint density at radius 2 is 2.19 bits per heavy atom. The topological polar surface area (TPSA) is 109 Å². The van der Waals surface area contributed by atoms with Gasteiger partial charge < -0.3 is 9.84 Å². The number of sulfone groups is 1. The van der Waals surface area contributed by atoms with Crippen LogP contribution in [0.4, 0.5) is 4.79 Å². The Morgan fingerprint density at radius 3 is 2.76 bits per heavy atom. The maximum Gasteiger partial charge on any atom is 0.416 e. The monoisotopic (exact) mass is 308 g/mol. The van der Waals surface area contributed by atoms with Crippen molar-refractivity contribution in [1.82, 2.24) is 4.57 Å². The lowest BCUT2D eigenvalue weighted by molar-refractivity contribution is 0.196. The summed E-state index contributed by atoms with van der Waals surface area (Å²) in [6, 6.07) is 5.97. The van der Waals surface area contributed by atoms with Gasteiger partial charge in [0.1, 0.15) is 11.8 Å². The van der Waals surface area contributed by atoms with Crippen LogP contribution in [0.5, 0.6) is 0 Å². The first-order chi connectivity index (χ1) is 9.90. The van der Waals surface area contributed by atoms with Crippen LogP contribution >= 0.6 is 0 Å². The van der Waals surface area contributed by atoms with Crippen molar-refractivity contribution >= 4 is 26.7 Å². The number of fused-ring (bicyclic) bond motifs is 1. The normalized spacial score (nSPS) is 11.4. The van der Waals surface area contributed by atoms with Crippen LogP contribution in [0.1, 0.15) is 5.69 Å². The van der Waals surface area contributed by atoms with Crippen molar-refractivity contribution in [2.75, 3.05) is 19.5 Å². The molecule has 0 bridgehead atoms. The van der Waals surface area contributed by atoms with E-state index in [2.05, 4.69) is 0 Å². The molecule has 1 heterocycles. The number of carbonyl (C=O) groups is 1. The van der Waals surface area contributed by atoms with E-state index in [-0.39, 0.29) is 22.9 Å². The molecule has 0 aliphatic rings. The van der Waals surface area contributed by atoms with Gasteiger partial charge in [-0.3, -0.25) is 0 Å². The second-order valence-electron chi connectivity index (χ2n) is 4.30. The van der Waals surface area contributed by atoms with E-state index < -0.39 is 15.9 Å². The molecule has 0 radical (unpaired) electrons. The summed E-state index contributed by atoms with van der Waals surface area (Å²) in [6.45, 7) is 0.0694. The van der Waals surface area contributed by atoms with Crippen LogP contribution in [0.2, 0.25) is 0 Å². The second kappa shape index (κ2) is 5.55. The fraction of sp³-hybridized carbons (Fsp3) is 0.231. The molecule has 1 N–H and O–H groups in total. The highest BCUT2D eigenvalue weighted by molar-refractivity contribution is 7.91. The SMILES string of the molecule is COCCS(=O)(=O)c1ccc2c(C#N)n(C(=O)O)cc2c1. The summed E-state index contributed by atoms with van der Waals surface area (Å²) in [5, 5.41) is 18.8. The predicted octanol–water partition coefficient (Wildman–Crippen LogP) is 1.46. The second-order valence-corrected chi connectivity index (χ2v) is 6.41. The van der Waals surface area contributed by atoms with E-state index in [0.29, 0.717) is 10.8 Å². The number of hydrogen-bond acceptors (Lipinski definition) is 5. The minimum atomic E-state index is -3.51. The zero-order valence-electron chi connectivity index (χ0n) is 11.1. The van der Waals surface area contributed by atoms with Crippen molar-refractivity contribution in [2.24, 2.45) is 0 Å². The van der Waals surface area contributed by atoms with Crippen LogP contribution in [-0.2, 0) is 14.6 Å². The third kappa shape index (κ3) is 2.74. The van der Waals surface area contributed by atoms with Crippen molar-refractivity contribution in [3.63, 3.8) is 0 Å². The summed E-state index contributed by atoms with van der Waals surface area (Å²) in [5.74, 6) is -0.167. The minimum absolute atomic E-state index is 0.0432. The van der Waals surface area contributed by atoms with Gasteiger partial charge in [-0.2, -0.15) is 5.26 Å². The Morgan fingerprint density at radius 1 is 1.48 bits per heavy atom. The molecule has 0 atom stereocenters. The molecule has 0 spiro atoms. The van der Waals surface area contributed by atoms with Crippen LogP contribution in [0.3, 0.4) is 0 Å². The quantitative estimate of drug-likeness (QED) is 0.915. The van der Waals surface area contributed by atoms with Gasteiger partial charge in [-0.1, -0.05) is 6.07 Å². The number of rotatable bonds is 4. The number of carboxylic acid groups (broad SMARTS) is 1. The van der Waals surface area contributed by atoms with Gasteiger partial charge in [0, 0.05) is 24.1 Å². The van der Waals surface area contributed by atoms with Crippen molar-refractivity contribution in [2.45, 2.75) is 4.90 Å². The van der Waals surface area contributed by atoms with Crippen molar-refractivity contribution in [3.8, 4) is 6.07 Å². The molecular formula is C13H12N2O5S. The van der Waals surface area contributed by atoms with Gasteiger partial charge in [-0.15, -0.1) is 0 Å². The number of aromatic nitrogens is 1. The maximum absolute atomic E-state index is 12.1. The molecule has 0 fully saturated rings. The summed E-state index contributed by atoms with van der Waals surface area (Å²) >= 11 is 0. The first kappa shape index (κ1) is 15.0. The van der Waals surface area contributed by atoms with Crippen LogP contribution < -0.4 is 0 Å². The van der Waals surface area contributed by atoms with E-state index >= 15 is 0 Å². The Bertz CT molecular complexity index is 845. The largest absolute Gasteiger partial charge is 0.464 e. The summed E-state index contributed by atoms with van der Waals surface area (Å²) in [5.41, 5.74) is -0.0432. The number of methoxy groups -OCH3 is 1. The van der Waals surface area contributed by atoms with Crippen molar-refractivity contribution in [3.05, 3.63) is 30.1 Å². The van der Waals surface area contributed by atoms with Gasteiger partial charge in [0.2, 0.25) is 0 Å². The van der Waals surface area contributed by atoms with Crippen molar-refractivity contribution < 1.29 is 23.1 Å². The summed E-state index contributed by atoms with van der Waals surface area (Å²) in [4.78, 5) is 11.1. The van der Waals surface area contributed by atoms with E-state index in [9.17, 15) is 13.2 Å². The van der Waals surface area contributed by atoms with Gasteiger partial charge in [0.05, 0.1) is 17.3 Å². The molecule has 2 aromatic rings. The van der Waals surface area contributed by atoms with Crippen LogP contribution in [0.15, 0.2) is 29.3 Å². The maximum atomic E-state index is 12.1. The number of nitriles is 1. The first-order valence-electron chi connectivity index (χ1n) is 5.91. The van der Waals surface area contributed by atoms with E-state index in [4.69, 9.17) is 15.1 Å². The zero-order valence-corrected chi connectivity index (χ0v) is 11.9. The van der Waals surface area contributed by atoms with E-state index in [1.165, 1.54) is 31.5 Å². The molecule has 0 saturated heterocycles. The summed E-state index contributed by atoms with van der Waals surface area (Å²) in [6.07, 6.45) is -0.0718. The van der Waals surface area contributed by atoms with Crippen LogP contribution in [-0.4, -0.2) is 43.7 Å². The molecule has 21 heavy (non-hydrogen) atoms. The molecule has 0 saturated carbocycles. The highest BCUT2D eigenvalue weighted by atomic mass is 32.2. The summed E-state index contributed by atoms with van der Waals surface area (Å²) < 4.78 is 29.7. The average molecular weight is 308 g/mol. The van der Waals surface area contributed by atoms with Gasteiger partial charge in [0.15, 0.2) is 9.84 Å². The zero-order chi connectivity index (χ0) is 15.6. The fourth-order valence-electron chi connectivity index (χ4n) is 1.97. The van der Waals surface area contributed by atoms with Gasteiger partial charge >= 0.3 is 6.09 Å². The lowest BCUT2D eigenvalue weighted by Gasteiger charge is -2.03. The molecule has 8 heteroatoms. The highest BCUT2D eigenvalue weighted by Crippen LogP contribution is 2.24. The number of nitrogens with zero attached hydrogens (tertiary/aromatic N) is 2. The standard InChI is InChI=1S/C13H12N2O5S/c1-20-4-5-21(18,19)10-2-3-11-9(6-10)8-15(13(16)17)12(11)7-14/h2-3,6,8H,4-5H2,1H3,(H,16,17). The third-order valence-corrected chi connectivity index (χ3v) is 4.69. The van der Waals surface area contributed by atoms with E-state index in [1.54, 1.807) is 6.07 Å². The third-order valence-electron chi connectivity index (χ3n) is 3.01. The number of ether oxygens (including phenoxy) is 1. The molecule has 0 aliphatic carbocycles. The van der Waals surface area contributed by atoms with E-state index in [1.807, 2.05) is 0 Å². The lowest BCUT2D eigenvalue weighted by Crippen LogP contribution is -2.11. The fourth-order valence-corrected chi connectivity index (χ4v) is 3.17. The van der Waals surface area contributed by atoms with Crippen molar-refractivity contribution in [1.29, 1.82) is 5.26 Å². The molecule has 1 aromatic carbocycles. The predicted molar refractivity (Wildman–Crippen MR) is 74.0 cm³/mol. The number of benzene rings is 1. The molecule has 110 valence electrons. The van der Waals surface area contributed by atoms with Gasteiger partial charge in [-0.25, -0.2) is 17.8 Å². The molecular weight excluding hydrogens is 296 g/mol. The Labute approximate surface area is 120 Å². The Balaban J connectivity index is 2.58. The minimum Gasteiger partial charge on any atom is -0.464 e.